The van der Waals surface area contributed by atoms with Gasteiger partial charge in [0.25, 0.3) is 0 Å². The Hall–Kier alpha value is -0.570. The highest BCUT2D eigenvalue weighted by molar-refractivity contribution is 5.64. The van der Waals surface area contributed by atoms with Gasteiger partial charge in [-0.25, -0.2) is 0 Å². The summed E-state index contributed by atoms with van der Waals surface area (Å²) in [5.74, 6) is -0.898. The molecule has 0 saturated heterocycles. The Bertz CT molecular complexity index is 447. The van der Waals surface area contributed by atoms with Crippen molar-refractivity contribution in [2.24, 2.45) is 0 Å². The maximum atomic E-state index is 10.4. The van der Waals surface area contributed by atoms with Gasteiger partial charge in [-0.2, -0.15) is 0 Å². The minimum absolute atomic E-state index is 0.233. The number of hydrogen-bond acceptors (Lipinski definition) is 2. The summed E-state index contributed by atoms with van der Waals surface area (Å²) in [6.45, 7) is 12.8. The zero-order valence-corrected chi connectivity index (χ0v) is 26.7. The van der Waals surface area contributed by atoms with Gasteiger partial charge in [0.2, 0.25) is 0 Å². The van der Waals surface area contributed by atoms with E-state index in [2.05, 4.69) is 20.8 Å². The fourth-order valence-corrected chi connectivity index (χ4v) is 6.13. The molecule has 0 aliphatic rings. The Morgan fingerprint density at radius 3 is 0.895 bits per heavy atom. The third-order valence-corrected chi connectivity index (χ3v) is 8.72. The van der Waals surface area contributed by atoms with Crippen molar-refractivity contribution in [2.75, 3.05) is 26.2 Å². The molecule has 0 rings (SSSR count). The summed E-state index contributed by atoms with van der Waals surface area (Å²) < 4.78 is 1.44. The summed E-state index contributed by atoms with van der Waals surface area (Å²) in [6.07, 6.45) is 35.5. The molecule has 0 atom stereocenters. The van der Waals surface area contributed by atoms with Crippen molar-refractivity contribution < 1.29 is 14.4 Å². The van der Waals surface area contributed by atoms with Crippen molar-refractivity contribution in [1.29, 1.82) is 0 Å². The fourth-order valence-electron chi connectivity index (χ4n) is 6.13. The molecule has 0 aromatic heterocycles. The summed E-state index contributed by atoms with van der Waals surface area (Å²) in [4.78, 5) is 10.4. The first kappa shape index (κ1) is 37.4. The number of carboxylic acids is 1. The number of unbranched alkanes of at least 4 members (excludes halogenated alkanes) is 22. The van der Waals surface area contributed by atoms with E-state index in [1.165, 1.54) is 185 Å². The highest BCUT2D eigenvalue weighted by Gasteiger charge is 2.25. The van der Waals surface area contributed by atoms with Crippen LogP contribution in [0.5, 0.6) is 0 Å². The summed E-state index contributed by atoms with van der Waals surface area (Å²) in [5, 5.41) is 10.4. The lowest BCUT2D eigenvalue weighted by molar-refractivity contribution is -0.929. The molecule has 38 heavy (non-hydrogen) atoms. The lowest BCUT2D eigenvalue weighted by Gasteiger charge is -2.39. The van der Waals surface area contributed by atoms with Crippen LogP contribution in [0.25, 0.3) is 0 Å². The molecule has 0 saturated carbocycles. The molecule has 0 radical (unpaired) electrons. The number of rotatable bonds is 32. The van der Waals surface area contributed by atoms with Crippen LogP contribution in [0.1, 0.15) is 194 Å². The predicted molar refractivity (Wildman–Crippen MR) is 166 cm³/mol. The van der Waals surface area contributed by atoms with Gasteiger partial charge in [-0.05, 0) is 64.2 Å². The quantitative estimate of drug-likeness (QED) is 0.0632. The van der Waals surface area contributed by atoms with Crippen molar-refractivity contribution >= 4 is 5.97 Å². The number of hydrogen-bond donors (Lipinski definition) is 0. The van der Waals surface area contributed by atoms with Gasteiger partial charge in [-0.1, -0.05) is 130 Å². The number of carbonyl (C=O) groups excluding carboxylic acids is 1. The standard InChI is InChI=1S/C35H71NO2/c1-4-7-10-26-31-36(32-27-11-8-5-2,33-28-12-9-6-3)34-29-24-22-20-18-16-14-13-15-17-19-21-23-25-30-35(37)38/h4-34H2,1-3H3. The zero-order chi connectivity index (χ0) is 28.0. The van der Waals surface area contributed by atoms with Crippen molar-refractivity contribution in [3.63, 3.8) is 0 Å². The van der Waals surface area contributed by atoms with Gasteiger partial charge in [-0.15, -0.1) is 0 Å². The second-order valence-corrected chi connectivity index (χ2v) is 12.5. The van der Waals surface area contributed by atoms with Crippen LogP contribution in [0, 0.1) is 0 Å². The van der Waals surface area contributed by atoms with E-state index in [9.17, 15) is 9.90 Å². The largest absolute Gasteiger partial charge is 0.550 e. The van der Waals surface area contributed by atoms with E-state index in [1.54, 1.807) is 0 Å². The van der Waals surface area contributed by atoms with E-state index < -0.39 is 5.97 Å². The molecular formula is C35H71NO2. The van der Waals surface area contributed by atoms with Crippen LogP contribution in [-0.4, -0.2) is 36.6 Å². The third-order valence-electron chi connectivity index (χ3n) is 8.72. The van der Waals surface area contributed by atoms with Gasteiger partial charge >= 0.3 is 0 Å². The first-order valence-electron chi connectivity index (χ1n) is 17.6. The third kappa shape index (κ3) is 25.7. The highest BCUT2D eigenvalue weighted by Crippen LogP contribution is 2.20. The van der Waals surface area contributed by atoms with Crippen molar-refractivity contribution in [1.82, 2.24) is 0 Å². The normalized spacial score (nSPS) is 11.9. The van der Waals surface area contributed by atoms with E-state index in [4.69, 9.17) is 0 Å². The Morgan fingerprint density at radius 1 is 0.395 bits per heavy atom. The molecule has 0 bridgehead atoms. The number of quaternary nitrogens is 1. The molecule has 0 N–H and O–H groups in total. The number of nitrogens with zero attached hydrogens (tertiary/aromatic N) is 1. The van der Waals surface area contributed by atoms with Gasteiger partial charge < -0.3 is 14.4 Å². The summed E-state index contributed by atoms with van der Waals surface area (Å²) in [6, 6.07) is 0. The Kier molecular flexibility index (Phi) is 29.0. The van der Waals surface area contributed by atoms with E-state index in [-0.39, 0.29) is 6.42 Å². The average molecular weight is 538 g/mol. The topological polar surface area (TPSA) is 40.1 Å². The SMILES string of the molecule is CCCCCC[N+](CCCCCC)(CCCCCC)CCCCCCCCCCCCCCCCC(=O)[O-]. The van der Waals surface area contributed by atoms with Crippen LogP contribution >= 0.6 is 0 Å². The minimum atomic E-state index is -0.898. The summed E-state index contributed by atoms with van der Waals surface area (Å²) in [5.41, 5.74) is 0. The molecule has 0 spiro atoms. The fraction of sp³-hybridized carbons (Fsp3) is 0.971. The molecule has 3 nitrogen and oxygen atoms in total. The van der Waals surface area contributed by atoms with Crippen molar-refractivity contribution in [2.45, 2.75) is 194 Å². The molecule has 3 heteroatoms. The number of carbonyl (C=O) groups is 1. The van der Waals surface area contributed by atoms with Gasteiger partial charge in [0, 0.05) is 5.97 Å². The van der Waals surface area contributed by atoms with E-state index >= 15 is 0 Å². The Labute approximate surface area is 240 Å². The maximum Gasteiger partial charge on any atom is 0.0786 e. The van der Waals surface area contributed by atoms with Gasteiger partial charge in [0.05, 0.1) is 26.2 Å². The van der Waals surface area contributed by atoms with Gasteiger partial charge in [-0.3, -0.25) is 0 Å². The van der Waals surface area contributed by atoms with Crippen molar-refractivity contribution in [3.8, 4) is 0 Å². The molecule has 0 amide bonds. The lowest BCUT2D eigenvalue weighted by atomic mass is 10.0. The summed E-state index contributed by atoms with van der Waals surface area (Å²) >= 11 is 0. The minimum Gasteiger partial charge on any atom is -0.550 e. The van der Waals surface area contributed by atoms with Crippen molar-refractivity contribution in [3.05, 3.63) is 0 Å². The van der Waals surface area contributed by atoms with Crippen LogP contribution in [0.2, 0.25) is 0 Å². The van der Waals surface area contributed by atoms with Crippen LogP contribution in [0.15, 0.2) is 0 Å². The second-order valence-electron chi connectivity index (χ2n) is 12.5. The summed E-state index contributed by atoms with van der Waals surface area (Å²) in [7, 11) is 0. The van der Waals surface area contributed by atoms with Gasteiger partial charge in [0.1, 0.15) is 0 Å². The molecule has 0 unspecified atom stereocenters. The average Bonchev–Trinajstić information content (AvgIpc) is 2.91. The Balaban J connectivity index is 4.11. The molecule has 0 aromatic carbocycles. The molecule has 0 aliphatic heterocycles. The van der Waals surface area contributed by atoms with E-state index in [0.717, 1.165) is 12.8 Å². The lowest BCUT2D eigenvalue weighted by Crippen LogP contribution is -2.50. The first-order valence-corrected chi connectivity index (χ1v) is 17.6. The second kappa shape index (κ2) is 29.4. The van der Waals surface area contributed by atoms with E-state index in [1.807, 2.05) is 0 Å². The first-order chi connectivity index (χ1) is 18.6. The maximum absolute atomic E-state index is 10.4. The molecule has 0 aliphatic carbocycles. The molecule has 0 heterocycles. The highest BCUT2D eigenvalue weighted by atomic mass is 16.4. The van der Waals surface area contributed by atoms with Crippen LogP contribution < -0.4 is 5.11 Å². The Morgan fingerprint density at radius 2 is 0.632 bits per heavy atom. The van der Waals surface area contributed by atoms with E-state index in [0.29, 0.717) is 0 Å². The predicted octanol–water partition coefficient (Wildman–Crippen LogP) is 10.1. The molecule has 228 valence electrons. The number of carboxylic acid groups (broad SMARTS) is 1. The molecular weight excluding hydrogens is 466 g/mol. The van der Waals surface area contributed by atoms with Crippen LogP contribution in [0.4, 0.5) is 0 Å². The molecule has 0 fully saturated rings. The number of aliphatic carboxylic acids is 1. The smallest absolute Gasteiger partial charge is 0.0786 e. The monoisotopic (exact) mass is 538 g/mol. The van der Waals surface area contributed by atoms with Crippen LogP contribution in [-0.2, 0) is 4.79 Å². The van der Waals surface area contributed by atoms with Gasteiger partial charge in [0.15, 0.2) is 0 Å². The molecule has 0 aromatic rings. The zero-order valence-electron chi connectivity index (χ0n) is 26.7. The van der Waals surface area contributed by atoms with Crippen LogP contribution in [0.3, 0.4) is 0 Å².